The summed E-state index contributed by atoms with van der Waals surface area (Å²) in [5, 5.41) is 0.808. The molecule has 0 aromatic rings. The molecule has 0 bridgehead atoms. The number of nitrogens with zero attached hydrogens (tertiary/aromatic N) is 1. The second kappa shape index (κ2) is 4.50. The molecule has 3 heteroatoms. The Morgan fingerprint density at radius 2 is 2.20 bits per heavy atom. The SMILES string of the molecule is C=C(C)C(=O)N(C)CCBr. The van der Waals surface area contributed by atoms with Crippen LogP contribution in [0.15, 0.2) is 12.2 Å². The van der Waals surface area contributed by atoms with E-state index in [0.717, 1.165) is 11.9 Å². The molecule has 0 spiro atoms. The lowest BCUT2D eigenvalue weighted by Crippen LogP contribution is -2.28. The maximum absolute atomic E-state index is 11.0. The zero-order valence-electron chi connectivity index (χ0n) is 6.35. The van der Waals surface area contributed by atoms with Crippen LogP contribution in [0.1, 0.15) is 6.92 Å². The lowest BCUT2D eigenvalue weighted by molar-refractivity contribution is -0.125. The fourth-order valence-electron chi connectivity index (χ4n) is 0.554. The number of carbonyl (C=O) groups excluding carboxylic acids is 1. The van der Waals surface area contributed by atoms with Crippen LogP contribution in [0.3, 0.4) is 0 Å². The first kappa shape index (κ1) is 9.69. The molecular formula is C7H12BrNO. The minimum Gasteiger partial charge on any atom is -0.341 e. The fraction of sp³-hybridized carbons (Fsp3) is 0.571. The van der Waals surface area contributed by atoms with Crippen molar-refractivity contribution >= 4 is 21.8 Å². The lowest BCUT2D eigenvalue weighted by Gasteiger charge is -2.14. The summed E-state index contributed by atoms with van der Waals surface area (Å²) in [5.41, 5.74) is 0.587. The monoisotopic (exact) mass is 205 g/mol. The van der Waals surface area contributed by atoms with Crippen LogP contribution in [0, 0.1) is 0 Å². The lowest BCUT2D eigenvalue weighted by atomic mass is 10.3. The normalized spacial score (nSPS) is 9.10. The quantitative estimate of drug-likeness (QED) is 0.505. The summed E-state index contributed by atoms with van der Waals surface area (Å²) in [4.78, 5) is 12.7. The molecule has 0 unspecified atom stereocenters. The third kappa shape index (κ3) is 3.01. The van der Waals surface area contributed by atoms with Gasteiger partial charge in [0.25, 0.3) is 0 Å². The average molecular weight is 206 g/mol. The predicted molar refractivity (Wildman–Crippen MR) is 46.2 cm³/mol. The van der Waals surface area contributed by atoms with Crippen molar-refractivity contribution in [2.45, 2.75) is 6.92 Å². The Bertz CT molecular complexity index is 145. The Balaban J connectivity index is 3.82. The van der Waals surface area contributed by atoms with Crippen molar-refractivity contribution in [3.8, 4) is 0 Å². The van der Waals surface area contributed by atoms with E-state index < -0.39 is 0 Å². The molecule has 0 fully saturated rings. The van der Waals surface area contributed by atoms with Gasteiger partial charge in [0.05, 0.1) is 0 Å². The summed E-state index contributed by atoms with van der Waals surface area (Å²) >= 11 is 3.24. The molecule has 0 rings (SSSR count). The molecule has 0 heterocycles. The van der Waals surface area contributed by atoms with Crippen LogP contribution in [-0.4, -0.2) is 29.7 Å². The van der Waals surface area contributed by atoms with E-state index in [1.807, 2.05) is 0 Å². The van der Waals surface area contributed by atoms with Crippen LogP contribution in [0.2, 0.25) is 0 Å². The van der Waals surface area contributed by atoms with E-state index in [4.69, 9.17) is 0 Å². The van der Waals surface area contributed by atoms with Crippen LogP contribution in [0.25, 0.3) is 0 Å². The van der Waals surface area contributed by atoms with Crippen molar-refractivity contribution in [1.29, 1.82) is 0 Å². The van der Waals surface area contributed by atoms with Crippen molar-refractivity contribution in [1.82, 2.24) is 4.90 Å². The summed E-state index contributed by atoms with van der Waals surface area (Å²) in [7, 11) is 1.76. The third-order valence-electron chi connectivity index (χ3n) is 1.13. The number of rotatable bonds is 3. The first-order chi connectivity index (χ1) is 4.59. The van der Waals surface area contributed by atoms with E-state index in [0.29, 0.717) is 5.57 Å². The van der Waals surface area contributed by atoms with E-state index in [1.165, 1.54) is 0 Å². The topological polar surface area (TPSA) is 20.3 Å². The van der Waals surface area contributed by atoms with Gasteiger partial charge in [0.15, 0.2) is 0 Å². The number of likely N-dealkylation sites (N-methyl/N-ethyl adjacent to an activating group) is 1. The number of halogens is 1. The Kier molecular flexibility index (Phi) is 4.36. The van der Waals surface area contributed by atoms with E-state index in [9.17, 15) is 4.79 Å². The van der Waals surface area contributed by atoms with Gasteiger partial charge in [0.1, 0.15) is 0 Å². The van der Waals surface area contributed by atoms with Crippen LogP contribution >= 0.6 is 15.9 Å². The van der Waals surface area contributed by atoms with Crippen molar-refractivity contribution in [3.05, 3.63) is 12.2 Å². The number of amides is 1. The Hall–Kier alpha value is -0.310. The summed E-state index contributed by atoms with van der Waals surface area (Å²) in [6.45, 7) is 6.00. The second-order valence-corrected chi connectivity index (χ2v) is 2.99. The van der Waals surface area contributed by atoms with E-state index in [-0.39, 0.29) is 5.91 Å². The van der Waals surface area contributed by atoms with Gasteiger partial charge in [0.2, 0.25) is 5.91 Å². The van der Waals surface area contributed by atoms with E-state index in [1.54, 1.807) is 18.9 Å². The molecule has 0 N–H and O–H groups in total. The van der Waals surface area contributed by atoms with Crippen LogP contribution in [0.4, 0.5) is 0 Å². The van der Waals surface area contributed by atoms with Crippen molar-refractivity contribution in [2.75, 3.05) is 18.9 Å². The summed E-state index contributed by atoms with van der Waals surface area (Å²) in [6, 6.07) is 0. The summed E-state index contributed by atoms with van der Waals surface area (Å²) in [5.74, 6) is 0.0134. The molecule has 10 heavy (non-hydrogen) atoms. The highest BCUT2D eigenvalue weighted by molar-refractivity contribution is 9.09. The molecule has 58 valence electrons. The number of hydrogen-bond acceptors (Lipinski definition) is 1. The van der Waals surface area contributed by atoms with Gasteiger partial charge in [-0.05, 0) is 6.92 Å². The highest BCUT2D eigenvalue weighted by Crippen LogP contribution is 1.95. The van der Waals surface area contributed by atoms with Crippen molar-refractivity contribution in [3.63, 3.8) is 0 Å². The molecule has 0 aliphatic rings. The number of carbonyl (C=O) groups is 1. The highest BCUT2D eigenvalue weighted by atomic mass is 79.9. The van der Waals surface area contributed by atoms with Gasteiger partial charge in [-0.3, -0.25) is 4.79 Å². The molecule has 0 aliphatic heterocycles. The molecule has 0 radical (unpaired) electrons. The average Bonchev–Trinajstić information content (AvgIpc) is 1.87. The van der Waals surface area contributed by atoms with E-state index in [2.05, 4.69) is 22.5 Å². The summed E-state index contributed by atoms with van der Waals surface area (Å²) in [6.07, 6.45) is 0. The summed E-state index contributed by atoms with van der Waals surface area (Å²) < 4.78 is 0. The zero-order chi connectivity index (χ0) is 8.15. The Labute approximate surface area is 70.0 Å². The number of alkyl halides is 1. The van der Waals surface area contributed by atoms with Gasteiger partial charge in [0, 0.05) is 24.5 Å². The molecule has 1 amide bonds. The maximum atomic E-state index is 11.0. The third-order valence-corrected chi connectivity index (χ3v) is 1.49. The first-order valence-electron chi connectivity index (χ1n) is 3.06. The molecule has 2 nitrogen and oxygen atoms in total. The molecule has 0 atom stereocenters. The smallest absolute Gasteiger partial charge is 0.248 e. The highest BCUT2D eigenvalue weighted by Gasteiger charge is 2.06. The number of hydrogen-bond donors (Lipinski definition) is 0. The second-order valence-electron chi connectivity index (χ2n) is 2.20. The Morgan fingerprint density at radius 3 is 2.50 bits per heavy atom. The largest absolute Gasteiger partial charge is 0.341 e. The fourth-order valence-corrected chi connectivity index (χ4v) is 1.09. The van der Waals surface area contributed by atoms with Crippen LogP contribution < -0.4 is 0 Å². The van der Waals surface area contributed by atoms with Crippen molar-refractivity contribution < 1.29 is 4.79 Å². The molecule has 0 saturated carbocycles. The maximum Gasteiger partial charge on any atom is 0.248 e. The molecule has 0 aliphatic carbocycles. The molecule has 0 aromatic heterocycles. The van der Waals surface area contributed by atoms with Crippen LogP contribution in [0.5, 0.6) is 0 Å². The van der Waals surface area contributed by atoms with Gasteiger partial charge in [-0.1, -0.05) is 22.5 Å². The molecule has 0 aromatic carbocycles. The van der Waals surface area contributed by atoms with Crippen molar-refractivity contribution in [2.24, 2.45) is 0 Å². The molecular weight excluding hydrogens is 194 g/mol. The zero-order valence-corrected chi connectivity index (χ0v) is 7.94. The van der Waals surface area contributed by atoms with Gasteiger partial charge in [-0.2, -0.15) is 0 Å². The molecule has 0 saturated heterocycles. The van der Waals surface area contributed by atoms with Gasteiger partial charge in [-0.25, -0.2) is 0 Å². The van der Waals surface area contributed by atoms with Crippen LogP contribution in [-0.2, 0) is 4.79 Å². The minimum absolute atomic E-state index is 0.0134. The minimum atomic E-state index is 0.0134. The first-order valence-corrected chi connectivity index (χ1v) is 4.18. The van der Waals surface area contributed by atoms with Gasteiger partial charge >= 0.3 is 0 Å². The van der Waals surface area contributed by atoms with Gasteiger partial charge < -0.3 is 4.90 Å². The predicted octanol–water partition coefficient (Wildman–Crippen LogP) is 1.42. The van der Waals surface area contributed by atoms with E-state index >= 15 is 0 Å². The van der Waals surface area contributed by atoms with Gasteiger partial charge in [-0.15, -0.1) is 0 Å². The standard InChI is InChI=1S/C7H12BrNO/c1-6(2)7(10)9(3)5-4-8/h1,4-5H2,2-3H3. The Morgan fingerprint density at radius 1 is 1.70 bits per heavy atom.